The number of aliphatic hydroxyl groups is 5. The molecule has 1 aromatic rings. The first kappa shape index (κ1) is 26.2. The lowest BCUT2D eigenvalue weighted by Crippen LogP contribution is -2.61. The van der Waals surface area contributed by atoms with Crippen LogP contribution in [0.25, 0.3) is 0 Å². The lowest BCUT2D eigenvalue weighted by Gasteiger charge is -2.44. The van der Waals surface area contributed by atoms with Gasteiger partial charge in [0, 0.05) is 5.92 Å². The second-order valence-corrected chi connectivity index (χ2v) is 8.75. The van der Waals surface area contributed by atoms with E-state index >= 15 is 0 Å². The summed E-state index contributed by atoms with van der Waals surface area (Å²) in [7, 11) is 1.18. The van der Waals surface area contributed by atoms with Crippen molar-refractivity contribution < 1.29 is 58.8 Å². The molecule has 1 fully saturated rings. The van der Waals surface area contributed by atoms with E-state index in [4.69, 9.17) is 23.7 Å². The van der Waals surface area contributed by atoms with Gasteiger partial charge in [0.05, 0.1) is 37.0 Å². The van der Waals surface area contributed by atoms with E-state index in [1.165, 1.54) is 19.3 Å². The molecule has 1 aromatic carbocycles. The summed E-state index contributed by atoms with van der Waals surface area (Å²) < 4.78 is 26.8. The van der Waals surface area contributed by atoms with Crippen LogP contribution in [0, 0.1) is 11.8 Å². The number of carbonyl (C=O) groups is 2. The molecule has 12 nitrogen and oxygen atoms in total. The predicted octanol–water partition coefficient (Wildman–Crippen LogP) is -1.39. The van der Waals surface area contributed by atoms with E-state index in [1.54, 1.807) is 30.3 Å². The maximum absolute atomic E-state index is 12.5. The number of benzene rings is 1. The second-order valence-electron chi connectivity index (χ2n) is 8.75. The molecule has 0 saturated carbocycles. The van der Waals surface area contributed by atoms with Crippen LogP contribution in [0.4, 0.5) is 0 Å². The van der Waals surface area contributed by atoms with Crippen LogP contribution in [0.2, 0.25) is 0 Å². The highest BCUT2D eigenvalue weighted by Crippen LogP contribution is 2.46. The normalized spacial score (nSPS) is 37.4. The molecular formula is C24H28O12. The molecule has 0 aromatic heterocycles. The van der Waals surface area contributed by atoms with Crippen molar-refractivity contribution in [3.8, 4) is 0 Å². The van der Waals surface area contributed by atoms with E-state index in [9.17, 15) is 35.1 Å². The molecule has 12 heteroatoms. The third kappa shape index (κ3) is 4.89. The Hall–Kier alpha value is -2.84. The van der Waals surface area contributed by atoms with Gasteiger partial charge in [-0.15, -0.1) is 0 Å². The van der Waals surface area contributed by atoms with Crippen LogP contribution in [0.1, 0.15) is 10.4 Å². The highest BCUT2D eigenvalue weighted by Gasteiger charge is 2.56. The standard InChI is InChI=1S/C24H28O12/c1-32-21(30)14-10-33-22(36-23-19(28)18(27)17(26)15(9-25)35-23)16-13(14)7-8-24(16,31)11-34-20(29)12-5-3-2-4-6-12/h2-8,10,13,15-19,22-23,25-28,31H,9,11H2,1H3. The molecule has 5 N–H and O–H groups in total. The number of hydrogen-bond acceptors (Lipinski definition) is 12. The van der Waals surface area contributed by atoms with Crippen molar-refractivity contribution in [1.82, 2.24) is 0 Å². The predicted molar refractivity (Wildman–Crippen MR) is 118 cm³/mol. The van der Waals surface area contributed by atoms with E-state index < -0.39 is 79.6 Å². The Bertz CT molecular complexity index is 1010. The Morgan fingerprint density at radius 1 is 1.03 bits per heavy atom. The third-order valence-corrected chi connectivity index (χ3v) is 6.52. The van der Waals surface area contributed by atoms with Gasteiger partial charge in [-0.2, -0.15) is 0 Å². The molecular weight excluding hydrogens is 480 g/mol. The lowest BCUT2D eigenvalue weighted by molar-refractivity contribution is -0.346. The number of fused-ring (bicyclic) bond motifs is 1. The van der Waals surface area contributed by atoms with Crippen LogP contribution >= 0.6 is 0 Å². The molecule has 0 amide bonds. The SMILES string of the molecule is COC(=O)C1=COC(OC2OC(CO)C(O)C(O)C2O)C2C1C=CC2(O)COC(=O)c1ccccc1. The van der Waals surface area contributed by atoms with Crippen LogP contribution in [0.5, 0.6) is 0 Å². The van der Waals surface area contributed by atoms with E-state index in [1.807, 2.05) is 0 Å². The van der Waals surface area contributed by atoms with Gasteiger partial charge in [-0.25, -0.2) is 9.59 Å². The van der Waals surface area contributed by atoms with Crippen LogP contribution < -0.4 is 0 Å². The Morgan fingerprint density at radius 3 is 2.42 bits per heavy atom. The first-order chi connectivity index (χ1) is 17.2. The lowest BCUT2D eigenvalue weighted by atomic mass is 9.79. The smallest absolute Gasteiger partial charge is 0.338 e. The van der Waals surface area contributed by atoms with Gasteiger partial charge in [-0.1, -0.05) is 30.4 Å². The van der Waals surface area contributed by atoms with Gasteiger partial charge < -0.3 is 49.2 Å². The summed E-state index contributed by atoms with van der Waals surface area (Å²) in [6, 6.07) is 8.14. The second kappa shape index (κ2) is 10.6. The molecule has 2 heterocycles. The average Bonchev–Trinajstić information content (AvgIpc) is 3.25. The largest absolute Gasteiger partial charge is 0.471 e. The number of hydrogen-bond donors (Lipinski definition) is 5. The number of methoxy groups -OCH3 is 1. The number of allylic oxidation sites excluding steroid dienone is 1. The number of rotatable bonds is 7. The zero-order valence-electron chi connectivity index (χ0n) is 19.2. The van der Waals surface area contributed by atoms with Crippen LogP contribution in [0.15, 0.2) is 54.3 Å². The minimum atomic E-state index is -1.87. The van der Waals surface area contributed by atoms with Crippen LogP contribution in [-0.2, 0) is 28.5 Å². The molecule has 36 heavy (non-hydrogen) atoms. The molecule has 196 valence electrons. The number of ether oxygens (including phenoxy) is 5. The maximum atomic E-state index is 12.5. The van der Waals surface area contributed by atoms with Gasteiger partial charge >= 0.3 is 11.9 Å². The van der Waals surface area contributed by atoms with Gasteiger partial charge in [0.1, 0.15) is 36.6 Å². The number of aliphatic hydroxyl groups excluding tert-OH is 4. The van der Waals surface area contributed by atoms with Crippen molar-refractivity contribution in [1.29, 1.82) is 0 Å². The maximum Gasteiger partial charge on any atom is 0.338 e. The minimum Gasteiger partial charge on any atom is -0.471 e. The number of carbonyl (C=O) groups excluding carboxylic acids is 2. The molecule has 2 aliphatic heterocycles. The first-order valence-corrected chi connectivity index (χ1v) is 11.2. The molecule has 1 saturated heterocycles. The van der Waals surface area contributed by atoms with Gasteiger partial charge in [0.15, 0.2) is 6.29 Å². The summed E-state index contributed by atoms with van der Waals surface area (Å²) in [5, 5.41) is 51.4. The van der Waals surface area contributed by atoms with Crippen molar-refractivity contribution in [2.75, 3.05) is 20.3 Å². The fourth-order valence-electron chi connectivity index (χ4n) is 4.53. The van der Waals surface area contributed by atoms with E-state index in [-0.39, 0.29) is 11.1 Å². The molecule has 4 rings (SSSR count). The Kier molecular flexibility index (Phi) is 7.76. The summed E-state index contributed by atoms with van der Waals surface area (Å²) in [4.78, 5) is 24.8. The minimum absolute atomic E-state index is 0.0673. The Balaban J connectivity index is 1.57. The molecule has 9 unspecified atom stereocenters. The summed E-state index contributed by atoms with van der Waals surface area (Å²) >= 11 is 0. The van der Waals surface area contributed by atoms with Gasteiger partial charge in [0.2, 0.25) is 6.29 Å². The summed E-state index contributed by atoms with van der Waals surface area (Å²) in [6.45, 7) is -1.19. The van der Waals surface area contributed by atoms with Crippen molar-refractivity contribution in [3.05, 3.63) is 59.9 Å². The van der Waals surface area contributed by atoms with E-state index in [2.05, 4.69) is 0 Å². The van der Waals surface area contributed by atoms with Crippen LogP contribution in [0.3, 0.4) is 0 Å². The van der Waals surface area contributed by atoms with Gasteiger partial charge in [0.25, 0.3) is 0 Å². The molecule has 1 aliphatic carbocycles. The fraction of sp³-hybridized carbons (Fsp3) is 0.500. The third-order valence-electron chi connectivity index (χ3n) is 6.52. The molecule has 9 atom stereocenters. The summed E-state index contributed by atoms with van der Waals surface area (Å²) in [5.41, 5.74) is -1.54. The quantitative estimate of drug-likeness (QED) is 0.215. The Labute approximate surface area is 205 Å². The van der Waals surface area contributed by atoms with Crippen molar-refractivity contribution in [3.63, 3.8) is 0 Å². The number of esters is 2. The molecule has 3 aliphatic rings. The Morgan fingerprint density at radius 2 is 1.75 bits per heavy atom. The molecule has 0 radical (unpaired) electrons. The van der Waals surface area contributed by atoms with Crippen molar-refractivity contribution in [2.45, 2.75) is 42.6 Å². The van der Waals surface area contributed by atoms with E-state index in [0.29, 0.717) is 0 Å². The van der Waals surface area contributed by atoms with Crippen LogP contribution in [-0.4, -0.2) is 100 Å². The molecule has 0 spiro atoms. The highest BCUT2D eigenvalue weighted by molar-refractivity contribution is 5.90. The fourth-order valence-corrected chi connectivity index (χ4v) is 4.53. The summed E-state index contributed by atoms with van der Waals surface area (Å²) in [5.74, 6) is -3.27. The zero-order valence-corrected chi connectivity index (χ0v) is 19.2. The summed E-state index contributed by atoms with van der Waals surface area (Å²) in [6.07, 6.45) is -5.24. The highest BCUT2D eigenvalue weighted by atomic mass is 16.8. The first-order valence-electron chi connectivity index (χ1n) is 11.2. The van der Waals surface area contributed by atoms with Crippen molar-refractivity contribution >= 4 is 11.9 Å². The average molecular weight is 508 g/mol. The monoisotopic (exact) mass is 508 g/mol. The van der Waals surface area contributed by atoms with Crippen molar-refractivity contribution in [2.24, 2.45) is 11.8 Å². The topological polar surface area (TPSA) is 181 Å². The van der Waals surface area contributed by atoms with Gasteiger partial charge in [-0.05, 0) is 12.1 Å². The zero-order chi connectivity index (χ0) is 26.0. The van der Waals surface area contributed by atoms with E-state index in [0.717, 1.165) is 6.26 Å². The van der Waals surface area contributed by atoms with Gasteiger partial charge in [-0.3, -0.25) is 0 Å². The molecule has 0 bridgehead atoms.